The van der Waals surface area contributed by atoms with Crippen LogP contribution >= 0.6 is 11.8 Å². The number of amidine groups is 1. The summed E-state index contributed by atoms with van der Waals surface area (Å²) in [5.41, 5.74) is 0.691. The number of ether oxygens (including phenoxy) is 3. The molecule has 0 amide bonds. The number of fused-ring (bicyclic) bond motifs is 1. The van der Waals surface area contributed by atoms with Crippen molar-refractivity contribution < 1.29 is 22.6 Å². The van der Waals surface area contributed by atoms with Crippen LogP contribution in [0.5, 0.6) is 17.2 Å². The molecule has 0 aliphatic carbocycles. The van der Waals surface area contributed by atoms with E-state index in [1.807, 2.05) is 0 Å². The summed E-state index contributed by atoms with van der Waals surface area (Å²) >= 11 is 1.25. The van der Waals surface area contributed by atoms with Gasteiger partial charge in [-0.1, -0.05) is 11.8 Å². The number of thioether (sulfide) groups is 1. The molecule has 2 atom stereocenters. The molecule has 2 heterocycles. The molecule has 2 fully saturated rings. The molecule has 0 bridgehead atoms. The summed E-state index contributed by atoms with van der Waals surface area (Å²) in [7, 11) is 1.51. The highest BCUT2D eigenvalue weighted by atomic mass is 32.2. The molecule has 136 valence electrons. The largest absolute Gasteiger partial charge is 0.493 e. The topological polar surface area (TPSA) is 101 Å². The van der Waals surface area contributed by atoms with Gasteiger partial charge in [0.1, 0.15) is 0 Å². The standard InChI is InChI=1S/C15H19N3O5S2/c1-21-11-4-9(5-12(22-2)14(11)23-3)6-17-18-10-7-25(19,20)8-13(10)24-15(18)16/h4-6,10,13,16H,7-8H2,1-3H3/b16-15?,17-6-/t10-,13+/m0/s1. The number of sulfone groups is 1. The van der Waals surface area contributed by atoms with Crippen LogP contribution in [0, 0.1) is 5.41 Å². The van der Waals surface area contributed by atoms with Crippen molar-refractivity contribution in [1.29, 1.82) is 5.41 Å². The first-order chi connectivity index (χ1) is 11.9. The number of rotatable bonds is 5. The number of hydrogen-bond acceptors (Lipinski definition) is 8. The van der Waals surface area contributed by atoms with Crippen LogP contribution in [-0.2, 0) is 9.84 Å². The number of benzene rings is 1. The van der Waals surface area contributed by atoms with E-state index in [1.54, 1.807) is 18.3 Å². The third-order valence-corrected chi connectivity index (χ3v) is 7.20. The normalized spacial score (nSPS) is 24.6. The molecule has 1 N–H and O–H groups in total. The van der Waals surface area contributed by atoms with E-state index in [1.165, 1.54) is 38.1 Å². The lowest BCUT2D eigenvalue weighted by Crippen LogP contribution is -2.32. The van der Waals surface area contributed by atoms with Crippen LogP contribution in [0.25, 0.3) is 0 Å². The molecule has 0 aromatic heterocycles. The third kappa shape index (κ3) is 3.40. The number of hydrazone groups is 1. The first-order valence-corrected chi connectivity index (χ1v) is 10.2. The van der Waals surface area contributed by atoms with Crippen LogP contribution in [0.4, 0.5) is 0 Å². The van der Waals surface area contributed by atoms with Gasteiger partial charge in [0.05, 0.1) is 45.1 Å². The Morgan fingerprint density at radius 2 is 1.84 bits per heavy atom. The van der Waals surface area contributed by atoms with Gasteiger partial charge in [-0.3, -0.25) is 5.41 Å². The summed E-state index contributed by atoms with van der Waals surface area (Å²) < 4.78 is 39.5. The summed E-state index contributed by atoms with van der Waals surface area (Å²) in [5.74, 6) is 1.60. The Labute approximate surface area is 150 Å². The number of hydrogen-bond donors (Lipinski definition) is 1. The Hall–Kier alpha value is -1.94. The summed E-state index contributed by atoms with van der Waals surface area (Å²) in [6, 6.07) is 3.18. The Kier molecular flexibility index (Phi) is 4.83. The Morgan fingerprint density at radius 3 is 2.40 bits per heavy atom. The van der Waals surface area contributed by atoms with Gasteiger partial charge in [0, 0.05) is 10.8 Å². The van der Waals surface area contributed by atoms with Crippen molar-refractivity contribution in [2.75, 3.05) is 32.8 Å². The van der Waals surface area contributed by atoms with Crippen LogP contribution in [-0.4, -0.2) is 68.9 Å². The van der Waals surface area contributed by atoms with Crippen molar-refractivity contribution in [2.45, 2.75) is 11.3 Å². The fraction of sp³-hybridized carbons (Fsp3) is 0.467. The maximum absolute atomic E-state index is 11.8. The van der Waals surface area contributed by atoms with E-state index in [-0.39, 0.29) is 28.0 Å². The van der Waals surface area contributed by atoms with Gasteiger partial charge in [0.15, 0.2) is 26.5 Å². The van der Waals surface area contributed by atoms with Gasteiger partial charge in [-0.25, -0.2) is 13.4 Å². The summed E-state index contributed by atoms with van der Waals surface area (Å²) in [5, 5.41) is 14.0. The highest BCUT2D eigenvalue weighted by Crippen LogP contribution is 2.39. The predicted octanol–water partition coefficient (Wildman–Crippen LogP) is 1.20. The lowest BCUT2D eigenvalue weighted by atomic mass is 10.2. The van der Waals surface area contributed by atoms with E-state index < -0.39 is 9.84 Å². The minimum absolute atomic E-state index is 0.0274. The van der Waals surface area contributed by atoms with E-state index in [9.17, 15) is 8.42 Å². The van der Waals surface area contributed by atoms with Gasteiger partial charge < -0.3 is 14.2 Å². The van der Waals surface area contributed by atoms with Gasteiger partial charge >= 0.3 is 0 Å². The first-order valence-electron chi connectivity index (χ1n) is 7.47. The summed E-state index contributed by atoms with van der Waals surface area (Å²) in [6.45, 7) is 0. The molecule has 3 rings (SSSR count). The van der Waals surface area contributed by atoms with Crippen LogP contribution in [0.15, 0.2) is 17.2 Å². The second-order valence-corrected chi connectivity index (χ2v) is 9.04. The molecule has 25 heavy (non-hydrogen) atoms. The quantitative estimate of drug-likeness (QED) is 0.760. The molecule has 0 spiro atoms. The van der Waals surface area contributed by atoms with Gasteiger partial charge in [-0.15, -0.1) is 0 Å². The molecule has 0 radical (unpaired) electrons. The molecule has 2 saturated heterocycles. The van der Waals surface area contributed by atoms with Gasteiger partial charge in [-0.05, 0) is 12.1 Å². The fourth-order valence-corrected chi connectivity index (χ4v) is 6.64. The van der Waals surface area contributed by atoms with E-state index in [0.717, 1.165) is 0 Å². The average Bonchev–Trinajstić information content (AvgIpc) is 3.01. The minimum Gasteiger partial charge on any atom is -0.493 e. The highest BCUT2D eigenvalue weighted by Gasteiger charge is 2.48. The lowest BCUT2D eigenvalue weighted by Gasteiger charge is -2.17. The van der Waals surface area contributed by atoms with Crippen LogP contribution < -0.4 is 14.2 Å². The van der Waals surface area contributed by atoms with Crippen molar-refractivity contribution in [3.8, 4) is 17.2 Å². The van der Waals surface area contributed by atoms with E-state index in [4.69, 9.17) is 19.6 Å². The average molecular weight is 385 g/mol. The van der Waals surface area contributed by atoms with Crippen molar-refractivity contribution in [1.82, 2.24) is 5.01 Å². The number of nitrogens with one attached hydrogen (secondary N) is 1. The zero-order chi connectivity index (χ0) is 18.2. The molecular weight excluding hydrogens is 366 g/mol. The lowest BCUT2D eigenvalue weighted by molar-refractivity contribution is 0.324. The maximum Gasteiger partial charge on any atom is 0.203 e. The Balaban J connectivity index is 1.88. The number of methoxy groups -OCH3 is 3. The second-order valence-electron chi connectivity index (χ2n) is 5.65. The van der Waals surface area contributed by atoms with E-state index in [2.05, 4.69) is 5.10 Å². The monoisotopic (exact) mass is 385 g/mol. The molecule has 2 aliphatic heterocycles. The smallest absolute Gasteiger partial charge is 0.203 e. The van der Waals surface area contributed by atoms with Crippen molar-refractivity contribution >= 4 is 33.0 Å². The molecule has 1 aromatic rings. The Morgan fingerprint density at radius 1 is 1.20 bits per heavy atom. The summed E-state index contributed by atoms with van der Waals surface area (Å²) in [6.07, 6.45) is 1.56. The van der Waals surface area contributed by atoms with Gasteiger partial charge in [0.2, 0.25) is 5.75 Å². The first kappa shape index (κ1) is 17.9. The van der Waals surface area contributed by atoms with Crippen LogP contribution in [0.3, 0.4) is 0 Å². The van der Waals surface area contributed by atoms with Gasteiger partial charge in [-0.2, -0.15) is 5.10 Å². The molecular formula is C15H19N3O5S2. The molecule has 0 unspecified atom stereocenters. The van der Waals surface area contributed by atoms with Crippen molar-refractivity contribution in [3.05, 3.63) is 17.7 Å². The van der Waals surface area contributed by atoms with E-state index >= 15 is 0 Å². The number of nitrogens with zero attached hydrogens (tertiary/aromatic N) is 2. The van der Waals surface area contributed by atoms with Crippen LogP contribution in [0.1, 0.15) is 5.56 Å². The Bertz CT molecular complexity index is 799. The predicted molar refractivity (Wildman–Crippen MR) is 97.1 cm³/mol. The van der Waals surface area contributed by atoms with Crippen LogP contribution in [0.2, 0.25) is 0 Å². The minimum atomic E-state index is -3.06. The zero-order valence-electron chi connectivity index (χ0n) is 14.1. The van der Waals surface area contributed by atoms with Crippen molar-refractivity contribution in [2.24, 2.45) is 5.10 Å². The maximum atomic E-state index is 11.8. The molecule has 2 aliphatic rings. The third-order valence-electron chi connectivity index (χ3n) is 4.08. The van der Waals surface area contributed by atoms with E-state index in [0.29, 0.717) is 22.8 Å². The molecule has 8 nitrogen and oxygen atoms in total. The highest BCUT2D eigenvalue weighted by molar-refractivity contribution is 8.15. The SMILES string of the molecule is COc1cc(/C=N\N2C(=N)S[C@@H]3CS(=O)(=O)C[C@@H]32)cc(OC)c1OC. The molecule has 0 saturated carbocycles. The van der Waals surface area contributed by atoms with Gasteiger partial charge in [0.25, 0.3) is 0 Å². The molecule has 1 aromatic carbocycles. The van der Waals surface area contributed by atoms with Crippen molar-refractivity contribution in [3.63, 3.8) is 0 Å². The molecule has 10 heteroatoms. The zero-order valence-corrected chi connectivity index (χ0v) is 15.7. The summed E-state index contributed by atoms with van der Waals surface area (Å²) in [4.78, 5) is 0. The fourth-order valence-electron chi connectivity index (χ4n) is 2.93. The second kappa shape index (κ2) is 6.75.